The van der Waals surface area contributed by atoms with Gasteiger partial charge in [0.05, 0.1) is 21.4 Å². The van der Waals surface area contributed by atoms with Crippen molar-refractivity contribution in [3.63, 3.8) is 0 Å². The smallest absolute Gasteiger partial charge is 0.269 e. The van der Waals surface area contributed by atoms with E-state index >= 15 is 0 Å². The van der Waals surface area contributed by atoms with Gasteiger partial charge in [0, 0.05) is 10.8 Å². The largest absolute Gasteiger partial charge is 0.397 e. The van der Waals surface area contributed by atoms with Crippen molar-refractivity contribution in [3.8, 4) is 0 Å². The summed E-state index contributed by atoms with van der Waals surface area (Å²) in [6.45, 7) is 4.06. The van der Waals surface area contributed by atoms with Gasteiger partial charge in [-0.2, -0.15) is 0 Å². The second-order valence-corrected chi connectivity index (χ2v) is 8.86. The molecule has 0 radical (unpaired) electrons. The maximum Gasteiger partial charge on any atom is 0.269 e. The molecule has 0 aliphatic rings. The number of nitrogens with one attached hydrogen (secondary N) is 1. The maximum atomic E-state index is 12.9. The molecule has 0 aliphatic heterocycles. The molecule has 0 spiro atoms. The topological polar surface area (TPSA) is 80.9 Å². The molecule has 0 fully saturated rings. The minimum absolute atomic E-state index is 0.253. The van der Waals surface area contributed by atoms with Crippen LogP contribution in [0.2, 0.25) is 0 Å². The predicted octanol–water partition coefficient (Wildman–Crippen LogP) is 5.51. The Hall–Kier alpha value is -3.03. The lowest BCUT2D eigenvalue weighted by atomic mass is 10.1. The lowest BCUT2D eigenvalue weighted by Crippen LogP contribution is -2.11. The van der Waals surface area contributed by atoms with Crippen LogP contribution in [0.15, 0.2) is 42.5 Å². The van der Waals surface area contributed by atoms with E-state index in [1.165, 1.54) is 22.7 Å². The van der Waals surface area contributed by atoms with Crippen LogP contribution in [0.5, 0.6) is 0 Å². The summed E-state index contributed by atoms with van der Waals surface area (Å²) in [6, 6.07) is 14.2. The van der Waals surface area contributed by atoms with Crippen molar-refractivity contribution in [3.05, 3.63) is 58.5 Å². The molecule has 0 saturated heterocycles. The van der Waals surface area contributed by atoms with E-state index in [0.717, 1.165) is 42.5 Å². The summed E-state index contributed by atoms with van der Waals surface area (Å²) in [5.41, 5.74) is 10.8. The molecule has 3 aromatic heterocycles. The van der Waals surface area contributed by atoms with E-state index in [2.05, 4.69) is 21.4 Å². The van der Waals surface area contributed by atoms with Crippen LogP contribution in [0, 0.1) is 13.8 Å². The highest BCUT2D eigenvalue weighted by atomic mass is 32.1. The average molecular weight is 405 g/mol. The van der Waals surface area contributed by atoms with Gasteiger partial charge in [-0.05, 0) is 49.7 Å². The second kappa shape index (κ2) is 6.25. The van der Waals surface area contributed by atoms with Gasteiger partial charge in [-0.1, -0.05) is 29.0 Å². The van der Waals surface area contributed by atoms with Crippen LogP contribution in [-0.2, 0) is 0 Å². The first-order valence-corrected chi connectivity index (χ1v) is 10.4. The highest BCUT2D eigenvalue weighted by molar-refractivity contribution is 7.23. The number of nitrogens with two attached hydrogens (primary N) is 1. The fraction of sp³-hybridized carbons (Fsp3) is 0.0952. The summed E-state index contributed by atoms with van der Waals surface area (Å²) >= 11 is 2.76. The maximum absolute atomic E-state index is 12.9. The molecular weight excluding hydrogens is 388 g/mol. The number of fused-ring (bicyclic) bond motifs is 3. The summed E-state index contributed by atoms with van der Waals surface area (Å²) in [7, 11) is 0. The van der Waals surface area contributed by atoms with Crippen molar-refractivity contribution in [2.75, 3.05) is 11.1 Å². The molecule has 28 heavy (non-hydrogen) atoms. The lowest BCUT2D eigenvalue weighted by molar-refractivity contribution is 0.103. The summed E-state index contributed by atoms with van der Waals surface area (Å²) in [5, 5.41) is 5.29. The van der Waals surface area contributed by atoms with Crippen LogP contribution in [0.4, 0.5) is 10.8 Å². The lowest BCUT2D eigenvalue weighted by Gasteiger charge is -2.00. The highest BCUT2D eigenvalue weighted by Gasteiger charge is 2.19. The Morgan fingerprint density at radius 1 is 0.964 bits per heavy atom. The highest BCUT2D eigenvalue weighted by Crippen LogP contribution is 2.35. The molecule has 3 N–H and O–H groups in total. The van der Waals surface area contributed by atoms with E-state index in [4.69, 9.17) is 5.73 Å². The van der Waals surface area contributed by atoms with Gasteiger partial charge in [-0.3, -0.25) is 10.1 Å². The first kappa shape index (κ1) is 17.1. The molecule has 3 heterocycles. The minimum Gasteiger partial charge on any atom is -0.397 e. The first-order valence-electron chi connectivity index (χ1n) is 8.76. The van der Waals surface area contributed by atoms with Gasteiger partial charge in [-0.25, -0.2) is 9.97 Å². The minimum atomic E-state index is -0.253. The van der Waals surface area contributed by atoms with E-state index in [-0.39, 0.29) is 5.91 Å². The summed E-state index contributed by atoms with van der Waals surface area (Å²) < 4.78 is 1.04. The van der Waals surface area contributed by atoms with Crippen LogP contribution in [0.25, 0.3) is 31.3 Å². The third kappa shape index (κ3) is 2.80. The molecule has 0 saturated carbocycles. The number of hydrogen-bond acceptors (Lipinski definition) is 6. The van der Waals surface area contributed by atoms with Gasteiger partial charge in [0.25, 0.3) is 5.91 Å². The molecular formula is C21H16N4OS2. The molecule has 2 aromatic carbocycles. The van der Waals surface area contributed by atoms with Crippen molar-refractivity contribution >= 4 is 70.7 Å². The first-order chi connectivity index (χ1) is 13.5. The summed E-state index contributed by atoms with van der Waals surface area (Å²) in [4.78, 5) is 23.3. The van der Waals surface area contributed by atoms with Crippen molar-refractivity contribution < 1.29 is 4.79 Å². The number of rotatable bonds is 2. The molecule has 0 aliphatic carbocycles. The third-order valence-electron chi connectivity index (χ3n) is 4.64. The number of aryl methyl sites for hydroxylation is 2. The van der Waals surface area contributed by atoms with E-state index in [1.54, 1.807) is 0 Å². The molecule has 5 nitrogen and oxygen atoms in total. The van der Waals surface area contributed by atoms with Crippen LogP contribution >= 0.6 is 22.7 Å². The second-order valence-electron chi connectivity index (χ2n) is 6.83. The number of anilines is 2. The molecule has 0 unspecified atom stereocenters. The molecule has 5 aromatic rings. The van der Waals surface area contributed by atoms with Gasteiger partial charge in [-0.15, -0.1) is 11.3 Å². The van der Waals surface area contributed by atoms with Crippen LogP contribution in [0.3, 0.4) is 0 Å². The Kier molecular flexibility index (Phi) is 3.82. The van der Waals surface area contributed by atoms with Gasteiger partial charge in [0.2, 0.25) is 0 Å². The zero-order chi connectivity index (χ0) is 19.4. The van der Waals surface area contributed by atoms with E-state index in [0.29, 0.717) is 15.7 Å². The zero-order valence-electron chi connectivity index (χ0n) is 15.2. The van der Waals surface area contributed by atoms with Crippen LogP contribution in [0.1, 0.15) is 20.8 Å². The van der Waals surface area contributed by atoms with Crippen LogP contribution < -0.4 is 11.1 Å². The summed E-state index contributed by atoms with van der Waals surface area (Å²) in [5.74, 6) is -0.253. The Bertz CT molecular complexity index is 1400. The van der Waals surface area contributed by atoms with Crippen LogP contribution in [-0.4, -0.2) is 15.9 Å². The number of carbonyl (C=O) groups is 1. The monoisotopic (exact) mass is 404 g/mol. The Morgan fingerprint density at radius 3 is 2.61 bits per heavy atom. The number of benzene rings is 2. The fourth-order valence-corrected chi connectivity index (χ4v) is 5.06. The van der Waals surface area contributed by atoms with Crippen molar-refractivity contribution in [1.82, 2.24) is 9.97 Å². The number of carbonyl (C=O) groups excluding carboxylic acids is 1. The number of amides is 1. The van der Waals surface area contributed by atoms with E-state index < -0.39 is 0 Å². The van der Waals surface area contributed by atoms with E-state index in [1.807, 2.05) is 50.2 Å². The Morgan fingerprint density at radius 2 is 1.75 bits per heavy atom. The number of nitrogens with zero attached hydrogens (tertiary/aromatic N) is 2. The van der Waals surface area contributed by atoms with Crippen molar-refractivity contribution in [1.29, 1.82) is 0 Å². The zero-order valence-corrected chi connectivity index (χ0v) is 16.9. The molecule has 0 bridgehead atoms. The third-order valence-corrected chi connectivity index (χ3v) is 6.70. The normalized spacial score (nSPS) is 11.5. The molecule has 138 valence electrons. The van der Waals surface area contributed by atoms with E-state index in [9.17, 15) is 4.79 Å². The number of aromatic nitrogens is 2. The van der Waals surface area contributed by atoms with Gasteiger partial charge in [0.15, 0.2) is 5.13 Å². The predicted molar refractivity (Wildman–Crippen MR) is 119 cm³/mol. The molecule has 5 rings (SSSR count). The molecule has 1 amide bonds. The standard InChI is InChI=1S/C21H16N4OS2/c1-10-3-5-14-12(7-10)9-13-17(22)18(28-20(13)23-14)19(26)25-21-24-15-8-11(2)4-6-16(15)27-21/h3-9H,22H2,1-2H3,(H,24,25,26). The quantitative estimate of drug-likeness (QED) is 0.406. The number of thiophene rings is 1. The number of hydrogen-bond donors (Lipinski definition) is 2. The number of thiazole rings is 1. The molecule has 0 atom stereocenters. The Labute approximate surface area is 168 Å². The number of nitrogen functional groups attached to an aromatic ring is 1. The number of pyridine rings is 1. The van der Waals surface area contributed by atoms with Gasteiger partial charge < -0.3 is 5.73 Å². The Balaban J connectivity index is 1.54. The summed E-state index contributed by atoms with van der Waals surface area (Å²) in [6.07, 6.45) is 0. The average Bonchev–Trinajstić information content (AvgIpc) is 3.20. The molecule has 7 heteroatoms. The van der Waals surface area contributed by atoms with Crippen molar-refractivity contribution in [2.45, 2.75) is 13.8 Å². The van der Waals surface area contributed by atoms with Gasteiger partial charge >= 0.3 is 0 Å². The SMILES string of the molecule is Cc1ccc2nc3sc(C(=O)Nc4nc5cc(C)ccc5s4)c(N)c3cc2c1. The fourth-order valence-electron chi connectivity index (χ4n) is 3.24. The van der Waals surface area contributed by atoms with Crippen molar-refractivity contribution in [2.24, 2.45) is 0 Å². The van der Waals surface area contributed by atoms with Gasteiger partial charge in [0.1, 0.15) is 9.71 Å².